The average Bonchev–Trinajstić information content (AvgIpc) is 3.70. The van der Waals surface area contributed by atoms with Crippen LogP contribution in [0.1, 0.15) is 113 Å². The van der Waals surface area contributed by atoms with E-state index in [1.54, 1.807) is 32.3 Å². The number of allylic oxidation sites excluding steroid dienone is 1. The molecule has 1 amide bonds. The molecule has 3 aliphatic rings. The number of pyridine rings is 1. The summed E-state index contributed by atoms with van der Waals surface area (Å²) in [5.41, 5.74) is 2.37. The Balaban J connectivity index is 1.68. The Kier molecular flexibility index (Phi) is 17.5. The monoisotopic (exact) mass is 930 g/mol. The summed E-state index contributed by atoms with van der Waals surface area (Å²) in [5, 5.41) is 22.8. The van der Waals surface area contributed by atoms with Crippen LogP contribution in [0.3, 0.4) is 0 Å². The molecule has 3 aliphatic heterocycles. The van der Waals surface area contributed by atoms with Crippen LogP contribution in [0.25, 0.3) is 10.6 Å². The number of hydrogen-bond donors (Lipinski definition) is 3. The summed E-state index contributed by atoms with van der Waals surface area (Å²) in [4.78, 5) is 58.9. The molecule has 2 aromatic rings. The quantitative estimate of drug-likeness (QED) is 0.117. The van der Waals surface area contributed by atoms with Gasteiger partial charge in [-0.1, -0.05) is 32.9 Å². The third kappa shape index (κ3) is 12.0. The minimum Gasteiger partial charge on any atom is -0.457 e. The highest BCUT2D eigenvalue weighted by Crippen LogP contribution is 2.43. The van der Waals surface area contributed by atoms with Crippen molar-refractivity contribution in [2.45, 2.75) is 168 Å². The van der Waals surface area contributed by atoms with Gasteiger partial charge in [-0.3, -0.25) is 14.6 Å². The molecule has 0 spiro atoms. The second-order valence-electron chi connectivity index (χ2n) is 18.6. The van der Waals surface area contributed by atoms with E-state index in [1.807, 2.05) is 58.8 Å². The van der Waals surface area contributed by atoms with E-state index in [0.29, 0.717) is 41.5 Å². The van der Waals surface area contributed by atoms with Gasteiger partial charge >= 0.3 is 5.97 Å². The minimum absolute atomic E-state index is 0.00857. The number of halogens is 1. The van der Waals surface area contributed by atoms with Gasteiger partial charge < -0.3 is 49.6 Å². The van der Waals surface area contributed by atoms with Gasteiger partial charge in [-0.15, -0.1) is 11.3 Å². The first kappa shape index (κ1) is 52.1. The molecule has 16 nitrogen and oxygen atoms in total. The summed E-state index contributed by atoms with van der Waals surface area (Å²) in [6.45, 7) is 16.9. The lowest BCUT2D eigenvalue weighted by atomic mass is 9.72. The van der Waals surface area contributed by atoms with E-state index in [2.05, 4.69) is 20.4 Å². The van der Waals surface area contributed by atoms with Crippen LogP contribution < -0.4 is 11.1 Å². The van der Waals surface area contributed by atoms with Crippen molar-refractivity contribution in [1.29, 1.82) is 0 Å². The molecule has 1 saturated heterocycles. The highest BCUT2D eigenvalue weighted by Gasteiger charge is 2.56. The first-order valence-corrected chi connectivity index (χ1v) is 23.7. The number of nitrogens with two attached hydrogens (primary N) is 1. The number of carbonyl (C=O) groups is 3. The van der Waals surface area contributed by atoms with Gasteiger partial charge in [0.15, 0.2) is 18.7 Å². The maximum absolute atomic E-state index is 17.1. The SMILES string of the molecule is CCOC1C(OC2C(C)C(=O)C(C)(F)C(=O)OC(CC)C(C)(O)C3CCC(=NOCc4ccc(-c5nc(N)cs5)cn4)COC2(C)CC(C)/C(NC(=O)CC)=C\3C)OC(C)CC1N(C)C. The predicted octanol–water partition coefficient (Wildman–Crippen LogP) is 6.55. The zero-order valence-corrected chi connectivity index (χ0v) is 41.0. The van der Waals surface area contributed by atoms with E-state index in [0.717, 1.165) is 17.5 Å². The maximum Gasteiger partial charge on any atom is 0.351 e. The van der Waals surface area contributed by atoms with Crippen LogP contribution in [0.4, 0.5) is 10.2 Å². The lowest BCUT2D eigenvalue weighted by molar-refractivity contribution is -0.303. The van der Waals surface area contributed by atoms with Crippen LogP contribution in [0, 0.1) is 17.8 Å². The Bertz CT molecular complexity index is 2030. The van der Waals surface area contributed by atoms with Gasteiger partial charge in [-0.2, -0.15) is 0 Å². The molecule has 65 heavy (non-hydrogen) atoms. The number of nitrogens with one attached hydrogen (secondary N) is 1. The highest BCUT2D eigenvalue weighted by atomic mass is 32.1. The minimum atomic E-state index is -3.16. The maximum atomic E-state index is 17.1. The average molecular weight is 931 g/mol. The number of thiazole rings is 1. The second kappa shape index (κ2) is 21.8. The third-order valence-corrected chi connectivity index (χ3v) is 14.1. The van der Waals surface area contributed by atoms with Crippen LogP contribution in [-0.2, 0) is 49.5 Å². The summed E-state index contributed by atoms with van der Waals surface area (Å²) in [6, 6.07) is 3.53. The number of esters is 1. The molecule has 12 atom stereocenters. The fraction of sp³-hybridized carbons (Fsp3) is 0.702. The molecule has 2 aromatic heterocycles. The highest BCUT2D eigenvalue weighted by molar-refractivity contribution is 7.13. The number of hydrogen-bond acceptors (Lipinski definition) is 16. The van der Waals surface area contributed by atoms with Crippen molar-refractivity contribution >= 4 is 40.5 Å². The van der Waals surface area contributed by atoms with Crippen molar-refractivity contribution in [1.82, 2.24) is 20.2 Å². The molecule has 0 radical (unpaired) electrons. The standard InChI is InChI=1S/C47H71FN6O10S/c1-13-35-47(10,58)33-19-18-32(53-61-24-31-17-16-30(22-50-31)42-51-36(49)25-65-42)23-60-45(8,21-26(4)38(28(33)6)52-37(55)14-2)41(29(7)40(56)46(9,48)44(57)63-35)64-43-39(59-15-3)34(54(11)12)20-27(5)62-43/h16-17,22,25-27,29,33-35,39,41,43,58H,13-15,18-21,23-24,49H2,1-12H3,(H,52,55)/b38-28+,53-32?. The Morgan fingerprint density at radius 2 is 1.88 bits per heavy atom. The van der Waals surface area contributed by atoms with Crippen LogP contribution in [0.2, 0.25) is 0 Å². The molecule has 5 rings (SSSR count). The zero-order valence-electron chi connectivity index (χ0n) is 40.1. The van der Waals surface area contributed by atoms with Crippen LogP contribution in [0.15, 0.2) is 40.1 Å². The first-order valence-electron chi connectivity index (χ1n) is 22.8. The molecule has 4 N–H and O–H groups in total. The smallest absolute Gasteiger partial charge is 0.351 e. The van der Waals surface area contributed by atoms with Crippen LogP contribution in [-0.4, -0.2) is 124 Å². The van der Waals surface area contributed by atoms with E-state index in [1.165, 1.54) is 25.2 Å². The number of fused-ring (bicyclic) bond motifs is 4. The van der Waals surface area contributed by atoms with Crippen molar-refractivity contribution in [3.8, 4) is 10.6 Å². The first-order chi connectivity index (χ1) is 30.6. The number of ketones is 1. The number of likely N-dealkylation sites (N-methyl/N-ethyl adjacent to an activating group) is 1. The number of nitrogen functional groups attached to an aromatic ring is 1. The number of oxime groups is 1. The van der Waals surface area contributed by atoms with Gasteiger partial charge in [0.2, 0.25) is 5.91 Å². The summed E-state index contributed by atoms with van der Waals surface area (Å²) >= 11 is 1.41. The van der Waals surface area contributed by atoms with Gasteiger partial charge in [0.25, 0.3) is 5.67 Å². The number of rotatable bonds is 12. The number of alkyl halides is 1. The van der Waals surface area contributed by atoms with Crippen molar-refractivity contribution < 1.29 is 52.4 Å². The number of carbonyl (C=O) groups excluding carboxylic acids is 3. The number of anilines is 1. The van der Waals surface area contributed by atoms with Crippen molar-refractivity contribution in [2.24, 2.45) is 22.9 Å². The Labute approximate surface area is 387 Å². The zero-order chi connectivity index (χ0) is 48.0. The number of amides is 1. The summed E-state index contributed by atoms with van der Waals surface area (Å²) in [5.74, 6) is -5.01. The molecule has 18 heteroatoms. The van der Waals surface area contributed by atoms with Crippen LogP contribution in [0.5, 0.6) is 0 Å². The summed E-state index contributed by atoms with van der Waals surface area (Å²) < 4.78 is 49.8. The number of aromatic nitrogens is 2. The van der Waals surface area contributed by atoms with Gasteiger partial charge in [0.05, 0.1) is 35.8 Å². The van der Waals surface area contributed by atoms with Crippen molar-refractivity contribution in [2.75, 3.05) is 33.0 Å². The Hall–Kier alpha value is -3.91. The molecule has 12 unspecified atom stereocenters. The van der Waals surface area contributed by atoms with Crippen LogP contribution >= 0.6 is 11.3 Å². The summed E-state index contributed by atoms with van der Waals surface area (Å²) in [6.07, 6.45) is -1.43. The third-order valence-electron chi connectivity index (χ3n) is 13.2. The van der Waals surface area contributed by atoms with E-state index in [9.17, 15) is 19.5 Å². The largest absolute Gasteiger partial charge is 0.457 e. The molecule has 0 aliphatic carbocycles. The Morgan fingerprint density at radius 1 is 1.15 bits per heavy atom. The molecule has 2 bridgehead atoms. The lowest BCUT2D eigenvalue weighted by Gasteiger charge is -2.48. The molecular weight excluding hydrogens is 860 g/mol. The fourth-order valence-corrected chi connectivity index (χ4v) is 10.3. The Morgan fingerprint density at radius 3 is 2.48 bits per heavy atom. The van der Waals surface area contributed by atoms with E-state index in [4.69, 9.17) is 34.3 Å². The summed E-state index contributed by atoms with van der Waals surface area (Å²) in [7, 11) is 3.89. The van der Waals surface area contributed by atoms with Gasteiger partial charge in [-0.05, 0) is 111 Å². The molecule has 5 heterocycles. The molecular formula is C47H71FN6O10S. The van der Waals surface area contributed by atoms with E-state index in [-0.39, 0.29) is 63.4 Å². The molecule has 362 valence electrons. The number of ether oxygens (including phenoxy) is 5. The number of aliphatic hydroxyl groups is 1. The van der Waals surface area contributed by atoms with Gasteiger partial charge in [0.1, 0.15) is 28.6 Å². The molecule has 1 fully saturated rings. The second-order valence-corrected chi connectivity index (χ2v) is 19.4. The van der Waals surface area contributed by atoms with Gasteiger partial charge in [0, 0.05) is 53.7 Å². The number of nitrogens with zero attached hydrogens (tertiary/aromatic N) is 4. The normalized spacial score (nSPS) is 36.1. The lowest BCUT2D eigenvalue weighted by Crippen LogP contribution is -2.61. The number of cyclic esters (lactones) is 1. The van der Waals surface area contributed by atoms with E-state index >= 15 is 4.39 Å². The fourth-order valence-electron chi connectivity index (χ4n) is 9.59. The molecule has 0 saturated carbocycles. The molecule has 0 aromatic carbocycles. The van der Waals surface area contributed by atoms with Crippen molar-refractivity contribution in [3.63, 3.8) is 0 Å². The number of Topliss-reactive ketones (excluding diaryl/α,β-unsaturated/α-hetero) is 1. The predicted molar refractivity (Wildman–Crippen MR) is 245 cm³/mol. The van der Waals surface area contributed by atoms with Gasteiger partial charge in [-0.25, -0.2) is 14.2 Å². The van der Waals surface area contributed by atoms with Crippen molar-refractivity contribution in [3.05, 3.63) is 40.7 Å². The topological polar surface area (TPSA) is 206 Å². The van der Waals surface area contributed by atoms with E-state index < -0.39 is 71.0 Å².